The highest BCUT2D eigenvalue weighted by atomic mass is 16.3. The van der Waals surface area contributed by atoms with Gasteiger partial charge < -0.3 is 9.32 Å². The minimum Gasteiger partial charge on any atom is -0.456 e. The second kappa shape index (κ2) is 13.9. The fourth-order valence-electron chi connectivity index (χ4n) is 8.36. The van der Waals surface area contributed by atoms with E-state index < -0.39 is 0 Å². The quantitative estimate of drug-likeness (QED) is 0.163. The van der Waals surface area contributed by atoms with Gasteiger partial charge in [0.1, 0.15) is 11.2 Å². The number of fused-ring (bicyclic) bond motifs is 4. The Morgan fingerprint density at radius 2 is 0.946 bits per heavy atom. The smallest absolute Gasteiger partial charge is 0.137 e. The van der Waals surface area contributed by atoms with Crippen molar-refractivity contribution in [3.05, 3.63) is 211 Å². The molecule has 0 amide bonds. The van der Waals surface area contributed by atoms with Crippen molar-refractivity contribution < 1.29 is 4.42 Å². The molecule has 0 radical (unpaired) electrons. The Bertz CT molecular complexity index is 3020. The normalized spacial score (nSPS) is 11.4. The molecule has 10 aromatic rings. The lowest BCUT2D eigenvalue weighted by Gasteiger charge is -2.28. The Morgan fingerprint density at radius 1 is 0.375 bits per heavy atom. The van der Waals surface area contributed by atoms with Gasteiger partial charge >= 0.3 is 0 Å². The van der Waals surface area contributed by atoms with E-state index in [-0.39, 0.29) is 0 Å². The molecule has 0 spiro atoms. The number of hydrogen-bond acceptors (Lipinski definition) is 2. The van der Waals surface area contributed by atoms with Gasteiger partial charge in [-0.2, -0.15) is 0 Å². The van der Waals surface area contributed by atoms with E-state index in [2.05, 4.69) is 219 Å². The van der Waals surface area contributed by atoms with Crippen molar-refractivity contribution in [3.8, 4) is 44.5 Å². The van der Waals surface area contributed by atoms with Crippen molar-refractivity contribution in [1.82, 2.24) is 0 Å². The lowest BCUT2D eigenvalue weighted by Crippen LogP contribution is -2.11. The highest BCUT2D eigenvalue weighted by molar-refractivity contribution is 6.08. The van der Waals surface area contributed by atoms with Crippen molar-refractivity contribution in [2.24, 2.45) is 0 Å². The van der Waals surface area contributed by atoms with Gasteiger partial charge in [0.25, 0.3) is 0 Å². The van der Waals surface area contributed by atoms with E-state index in [9.17, 15) is 0 Å². The minimum absolute atomic E-state index is 0.875. The maximum absolute atomic E-state index is 6.61. The fraction of sp³-hybridized carbons (Fsp3) is 0.0370. The van der Waals surface area contributed by atoms with Crippen LogP contribution >= 0.6 is 0 Å². The van der Waals surface area contributed by atoms with Gasteiger partial charge in [-0.25, -0.2) is 0 Å². The third kappa shape index (κ3) is 6.02. The second-order valence-corrected chi connectivity index (χ2v) is 14.7. The number of nitrogens with zero attached hydrogens (tertiary/aromatic N) is 1. The molecule has 2 nitrogen and oxygen atoms in total. The minimum atomic E-state index is 0.875. The predicted octanol–water partition coefficient (Wildman–Crippen LogP) is 15.5. The summed E-state index contributed by atoms with van der Waals surface area (Å²) >= 11 is 0. The molecule has 9 aromatic carbocycles. The Labute approximate surface area is 327 Å². The number of anilines is 3. The Morgan fingerprint density at radius 3 is 1.64 bits per heavy atom. The van der Waals surface area contributed by atoms with Gasteiger partial charge in [-0.05, 0) is 123 Å². The number of aryl methyl sites for hydroxylation is 2. The first-order valence-corrected chi connectivity index (χ1v) is 19.2. The first kappa shape index (κ1) is 33.4. The molecular formula is C54H39NO. The predicted molar refractivity (Wildman–Crippen MR) is 237 cm³/mol. The number of rotatable bonds is 7. The molecule has 0 saturated carbocycles. The average molecular weight is 718 g/mol. The molecule has 1 heterocycles. The van der Waals surface area contributed by atoms with E-state index >= 15 is 0 Å². The van der Waals surface area contributed by atoms with Gasteiger partial charge in [-0.3, -0.25) is 0 Å². The molecule has 10 rings (SSSR count). The van der Waals surface area contributed by atoms with Crippen LogP contribution in [0, 0.1) is 13.8 Å². The lowest BCUT2D eigenvalue weighted by atomic mass is 9.91. The van der Waals surface area contributed by atoms with Crippen LogP contribution in [0.15, 0.2) is 205 Å². The fourth-order valence-corrected chi connectivity index (χ4v) is 8.36. The van der Waals surface area contributed by atoms with Crippen molar-refractivity contribution >= 4 is 49.8 Å². The summed E-state index contributed by atoms with van der Waals surface area (Å²) in [5.74, 6) is 0. The maximum atomic E-state index is 6.61. The van der Waals surface area contributed by atoms with Crippen LogP contribution in [0.1, 0.15) is 11.1 Å². The summed E-state index contributed by atoms with van der Waals surface area (Å²) < 4.78 is 6.61. The van der Waals surface area contributed by atoms with Crippen LogP contribution in [0.3, 0.4) is 0 Å². The van der Waals surface area contributed by atoms with Crippen molar-refractivity contribution in [1.29, 1.82) is 0 Å². The Hall–Kier alpha value is -7.16. The number of hydrogen-bond donors (Lipinski definition) is 0. The summed E-state index contributed by atoms with van der Waals surface area (Å²) in [4.78, 5) is 2.39. The van der Waals surface area contributed by atoms with Gasteiger partial charge in [0.15, 0.2) is 0 Å². The molecule has 1 aromatic heterocycles. The SMILES string of the molecule is Cc1cc(C)c2c(c1)oc1cc(N(c3ccc(-c4cc(-c5ccccc5)ccc4-c4ccccc4)cc3)c3cc4ccccc4cc3-c3ccccc3)ccc12. The molecule has 0 aliphatic rings. The molecule has 2 heteroatoms. The van der Waals surface area contributed by atoms with Crippen molar-refractivity contribution in [3.63, 3.8) is 0 Å². The van der Waals surface area contributed by atoms with E-state index in [0.29, 0.717) is 0 Å². The van der Waals surface area contributed by atoms with E-state index in [4.69, 9.17) is 4.42 Å². The van der Waals surface area contributed by atoms with Gasteiger partial charge in [0, 0.05) is 33.8 Å². The molecule has 0 atom stereocenters. The molecule has 56 heavy (non-hydrogen) atoms. The third-order valence-corrected chi connectivity index (χ3v) is 11.0. The zero-order chi connectivity index (χ0) is 37.6. The zero-order valence-electron chi connectivity index (χ0n) is 31.4. The highest BCUT2D eigenvalue weighted by Gasteiger charge is 2.21. The summed E-state index contributed by atoms with van der Waals surface area (Å²) in [5.41, 5.74) is 16.9. The second-order valence-electron chi connectivity index (χ2n) is 14.7. The Balaban J connectivity index is 1.18. The largest absolute Gasteiger partial charge is 0.456 e. The van der Waals surface area contributed by atoms with Crippen molar-refractivity contribution in [2.75, 3.05) is 4.90 Å². The van der Waals surface area contributed by atoms with Crippen LogP contribution in [-0.4, -0.2) is 0 Å². The van der Waals surface area contributed by atoms with Crippen LogP contribution in [0.4, 0.5) is 17.1 Å². The van der Waals surface area contributed by atoms with E-state index in [1.54, 1.807) is 0 Å². The molecule has 0 bridgehead atoms. The Kier molecular flexibility index (Phi) is 8.30. The third-order valence-electron chi connectivity index (χ3n) is 11.0. The van der Waals surface area contributed by atoms with E-state index in [1.165, 1.54) is 55.1 Å². The van der Waals surface area contributed by atoms with Crippen LogP contribution in [0.25, 0.3) is 77.2 Å². The summed E-state index contributed by atoms with van der Waals surface area (Å²) in [5, 5.41) is 4.70. The average Bonchev–Trinajstić information content (AvgIpc) is 3.62. The molecule has 0 N–H and O–H groups in total. The van der Waals surface area contributed by atoms with E-state index in [0.717, 1.165) is 50.3 Å². The van der Waals surface area contributed by atoms with Gasteiger partial charge in [0.05, 0.1) is 5.69 Å². The van der Waals surface area contributed by atoms with Crippen LogP contribution in [-0.2, 0) is 0 Å². The summed E-state index contributed by atoms with van der Waals surface area (Å²) in [6.07, 6.45) is 0. The lowest BCUT2D eigenvalue weighted by molar-refractivity contribution is 0.668. The first-order chi connectivity index (χ1) is 27.6. The molecule has 0 fully saturated rings. The van der Waals surface area contributed by atoms with Crippen molar-refractivity contribution in [2.45, 2.75) is 13.8 Å². The van der Waals surface area contributed by atoms with Gasteiger partial charge in [0.2, 0.25) is 0 Å². The van der Waals surface area contributed by atoms with Gasteiger partial charge in [-0.1, -0.05) is 146 Å². The summed E-state index contributed by atoms with van der Waals surface area (Å²) in [6, 6.07) is 72.3. The highest BCUT2D eigenvalue weighted by Crippen LogP contribution is 2.45. The monoisotopic (exact) mass is 717 g/mol. The molecule has 0 aliphatic heterocycles. The van der Waals surface area contributed by atoms with E-state index in [1.807, 2.05) is 0 Å². The van der Waals surface area contributed by atoms with Gasteiger partial charge in [-0.15, -0.1) is 0 Å². The maximum Gasteiger partial charge on any atom is 0.137 e. The first-order valence-electron chi connectivity index (χ1n) is 19.2. The number of benzene rings is 9. The molecule has 266 valence electrons. The van der Waals surface area contributed by atoms with Crippen LogP contribution < -0.4 is 4.90 Å². The molecular weight excluding hydrogens is 679 g/mol. The van der Waals surface area contributed by atoms with Crippen LogP contribution in [0.5, 0.6) is 0 Å². The standard InChI is InChI=1S/C54H39NO/c1-36-30-37(2)54-48-29-27-46(35-52(48)56-53(54)31-36)55(51-34-43-21-13-12-20-42(43)33-50(51)40-18-10-5-11-19-40)45-25-22-41(23-26-45)49-32-44(38-14-6-3-7-15-38)24-28-47(49)39-16-8-4-9-17-39/h3-35H,1-2H3. The molecule has 0 saturated heterocycles. The zero-order valence-corrected chi connectivity index (χ0v) is 31.4. The summed E-state index contributed by atoms with van der Waals surface area (Å²) in [6.45, 7) is 4.30. The topological polar surface area (TPSA) is 16.4 Å². The molecule has 0 aliphatic carbocycles. The molecule has 0 unspecified atom stereocenters. The van der Waals surface area contributed by atoms with Crippen LogP contribution in [0.2, 0.25) is 0 Å². The number of furan rings is 1. The summed E-state index contributed by atoms with van der Waals surface area (Å²) in [7, 11) is 0.